The van der Waals surface area contributed by atoms with E-state index < -0.39 is 31.3 Å². The molecule has 172 valence electrons. The number of carbonyl (C=O) groups excluding carboxylic acids is 4. The fraction of sp³-hybridized carbons (Fsp3) is 0.789. The molecule has 9 nitrogen and oxygen atoms in total. The molecule has 1 fully saturated rings. The minimum atomic E-state index is -3.87. The lowest BCUT2D eigenvalue weighted by molar-refractivity contribution is -0.142. The number of esters is 1. The number of rotatable bonds is 12. The average molecular weight is 466 g/mol. The predicted octanol–water partition coefficient (Wildman–Crippen LogP) is 3.06. The maximum atomic E-state index is 12.8. The van der Waals surface area contributed by atoms with Crippen molar-refractivity contribution < 1.29 is 37.5 Å². The Morgan fingerprint density at radius 2 is 1.83 bits per heavy atom. The van der Waals surface area contributed by atoms with Gasteiger partial charge in [-0.2, -0.15) is 0 Å². The summed E-state index contributed by atoms with van der Waals surface area (Å²) in [6.07, 6.45) is 0.740. The van der Waals surface area contributed by atoms with E-state index in [1.165, 1.54) is 32.7 Å². The van der Waals surface area contributed by atoms with Crippen molar-refractivity contribution in [2.45, 2.75) is 71.9 Å². The lowest BCUT2D eigenvalue weighted by Crippen LogP contribution is -2.47. The summed E-state index contributed by atoms with van der Waals surface area (Å²) in [6, 6.07) is -0.934. The van der Waals surface area contributed by atoms with Gasteiger partial charge in [0.1, 0.15) is 17.9 Å². The SMILES string of the molecule is COC(=O)[C@H](C)N[P@]1(=O)OCC(C)(C)[C@H](C(=O)CCCC(=O)CCCSC(C)=O)O1. The Hall–Kier alpha value is -1.06. The minimum absolute atomic E-state index is 0.00826. The molecule has 0 aromatic rings. The lowest BCUT2D eigenvalue weighted by atomic mass is 9.84. The molecule has 0 aliphatic carbocycles. The van der Waals surface area contributed by atoms with Gasteiger partial charge in [0.15, 0.2) is 10.9 Å². The molecular formula is C19H32NO8PS. The fourth-order valence-corrected chi connectivity index (χ4v) is 5.40. The third kappa shape index (κ3) is 8.98. The van der Waals surface area contributed by atoms with E-state index in [1.807, 2.05) is 0 Å². The van der Waals surface area contributed by atoms with E-state index in [-0.39, 0.29) is 36.1 Å². The first-order valence-corrected chi connectivity index (χ1v) is 12.4. The van der Waals surface area contributed by atoms with E-state index in [2.05, 4.69) is 9.82 Å². The summed E-state index contributed by atoms with van der Waals surface area (Å²) in [5, 5.41) is 2.51. The average Bonchev–Trinajstić information content (AvgIpc) is 2.66. The quantitative estimate of drug-likeness (QED) is 0.261. The van der Waals surface area contributed by atoms with Crippen molar-refractivity contribution in [3.63, 3.8) is 0 Å². The van der Waals surface area contributed by atoms with Crippen LogP contribution in [0, 0.1) is 5.41 Å². The fourth-order valence-electron chi connectivity index (χ4n) is 2.87. The summed E-state index contributed by atoms with van der Waals surface area (Å²) >= 11 is 1.19. The van der Waals surface area contributed by atoms with Crippen molar-refractivity contribution in [1.29, 1.82) is 0 Å². The van der Waals surface area contributed by atoms with Gasteiger partial charge in [0, 0.05) is 37.4 Å². The normalized spacial score (nSPS) is 24.1. The lowest BCUT2D eigenvalue weighted by Gasteiger charge is -2.40. The number of ketones is 2. The monoisotopic (exact) mass is 465 g/mol. The Morgan fingerprint density at radius 3 is 2.43 bits per heavy atom. The molecule has 1 rings (SSSR count). The first-order chi connectivity index (χ1) is 13.9. The topological polar surface area (TPSA) is 125 Å². The number of hydrogen-bond acceptors (Lipinski definition) is 9. The van der Waals surface area contributed by atoms with Crippen molar-refractivity contribution in [3.8, 4) is 0 Å². The van der Waals surface area contributed by atoms with Crippen LogP contribution in [0.15, 0.2) is 0 Å². The van der Waals surface area contributed by atoms with Crippen LogP contribution in [0.2, 0.25) is 0 Å². The molecule has 0 amide bonds. The molecular weight excluding hydrogens is 433 g/mol. The van der Waals surface area contributed by atoms with Crippen LogP contribution in [0.5, 0.6) is 0 Å². The smallest absolute Gasteiger partial charge is 0.406 e. The minimum Gasteiger partial charge on any atom is -0.468 e. The molecule has 1 aliphatic rings. The molecule has 1 N–H and O–H groups in total. The largest absolute Gasteiger partial charge is 0.468 e. The maximum absolute atomic E-state index is 12.8. The van der Waals surface area contributed by atoms with Crippen LogP contribution in [-0.2, 0) is 37.5 Å². The van der Waals surface area contributed by atoms with Crippen molar-refractivity contribution in [1.82, 2.24) is 5.09 Å². The highest BCUT2D eigenvalue weighted by Gasteiger charge is 2.48. The Labute approximate surface area is 181 Å². The van der Waals surface area contributed by atoms with Crippen molar-refractivity contribution in [2.75, 3.05) is 19.5 Å². The van der Waals surface area contributed by atoms with Gasteiger partial charge in [-0.1, -0.05) is 25.6 Å². The Balaban J connectivity index is 2.55. The number of methoxy groups -OCH3 is 1. The highest BCUT2D eigenvalue weighted by molar-refractivity contribution is 8.13. The third-order valence-electron chi connectivity index (χ3n) is 4.54. The van der Waals surface area contributed by atoms with Gasteiger partial charge < -0.3 is 4.74 Å². The molecule has 30 heavy (non-hydrogen) atoms. The van der Waals surface area contributed by atoms with Gasteiger partial charge in [-0.15, -0.1) is 0 Å². The zero-order valence-electron chi connectivity index (χ0n) is 18.2. The van der Waals surface area contributed by atoms with Crippen molar-refractivity contribution in [3.05, 3.63) is 0 Å². The summed E-state index contributed by atoms with van der Waals surface area (Å²) in [5.41, 5.74) is -0.713. The standard InChI is InChI=1S/C19H32NO8PS/c1-13(18(24)26-5)20-29(25)27-12-19(3,4)17(28-29)16(23)10-6-8-15(22)9-7-11-30-14(2)21/h13,17H,6-12H2,1-5H3,(H,20,25)/t13-,17-,29-/m0/s1. The van der Waals surface area contributed by atoms with E-state index in [0.29, 0.717) is 25.0 Å². The first-order valence-electron chi connectivity index (χ1n) is 9.86. The van der Waals surface area contributed by atoms with Gasteiger partial charge in [0.2, 0.25) is 0 Å². The summed E-state index contributed by atoms with van der Waals surface area (Å²) < 4.78 is 28.3. The molecule has 0 bridgehead atoms. The number of thioether (sulfide) groups is 1. The van der Waals surface area contributed by atoms with Gasteiger partial charge in [-0.05, 0) is 19.8 Å². The van der Waals surface area contributed by atoms with Crippen LogP contribution in [0.25, 0.3) is 0 Å². The maximum Gasteiger partial charge on any atom is 0.406 e. The molecule has 1 aliphatic heterocycles. The molecule has 3 atom stereocenters. The molecule has 0 radical (unpaired) electrons. The highest BCUT2D eigenvalue weighted by atomic mass is 32.2. The molecule has 0 spiro atoms. The van der Waals surface area contributed by atoms with E-state index in [4.69, 9.17) is 9.05 Å². The Bertz CT molecular complexity index is 696. The van der Waals surface area contributed by atoms with Gasteiger partial charge in [-0.3, -0.25) is 28.2 Å². The molecule has 0 aromatic carbocycles. The highest BCUT2D eigenvalue weighted by Crippen LogP contribution is 2.53. The second-order valence-corrected chi connectivity index (χ2v) is 10.9. The number of hydrogen-bond donors (Lipinski definition) is 1. The zero-order valence-corrected chi connectivity index (χ0v) is 19.9. The van der Waals surface area contributed by atoms with E-state index >= 15 is 0 Å². The molecule has 0 unspecified atom stereocenters. The van der Waals surface area contributed by atoms with Gasteiger partial charge in [-0.25, -0.2) is 9.65 Å². The van der Waals surface area contributed by atoms with E-state index in [1.54, 1.807) is 13.8 Å². The molecule has 0 aromatic heterocycles. The third-order valence-corrected chi connectivity index (χ3v) is 7.10. The van der Waals surface area contributed by atoms with E-state index in [9.17, 15) is 23.7 Å². The van der Waals surface area contributed by atoms with Gasteiger partial charge >= 0.3 is 13.7 Å². The van der Waals surface area contributed by atoms with Gasteiger partial charge in [0.25, 0.3) is 0 Å². The Morgan fingerprint density at radius 1 is 1.20 bits per heavy atom. The van der Waals surface area contributed by atoms with Crippen LogP contribution in [0.1, 0.15) is 59.8 Å². The number of nitrogens with one attached hydrogen (secondary N) is 1. The molecule has 11 heteroatoms. The van der Waals surface area contributed by atoms with Crippen LogP contribution in [0.3, 0.4) is 0 Å². The Kier molecular flexibility index (Phi) is 10.9. The van der Waals surface area contributed by atoms with Crippen LogP contribution in [-0.4, -0.2) is 54.3 Å². The number of Topliss-reactive ketones (excluding diaryl/α,β-unsaturated/α-hetero) is 2. The van der Waals surface area contributed by atoms with E-state index in [0.717, 1.165) is 0 Å². The molecule has 1 heterocycles. The summed E-state index contributed by atoms with van der Waals surface area (Å²) in [4.78, 5) is 47.1. The van der Waals surface area contributed by atoms with Crippen molar-refractivity contribution >= 4 is 42.2 Å². The van der Waals surface area contributed by atoms with Gasteiger partial charge in [0.05, 0.1) is 13.7 Å². The zero-order chi connectivity index (χ0) is 22.9. The summed E-state index contributed by atoms with van der Waals surface area (Å²) in [7, 11) is -2.67. The van der Waals surface area contributed by atoms with Crippen molar-refractivity contribution in [2.24, 2.45) is 5.41 Å². The van der Waals surface area contributed by atoms with Crippen LogP contribution >= 0.6 is 19.5 Å². The summed E-state index contributed by atoms with van der Waals surface area (Å²) in [5.74, 6) is -0.254. The van der Waals surface area contributed by atoms with Crippen LogP contribution < -0.4 is 5.09 Å². The second kappa shape index (κ2) is 12.1. The molecule has 1 saturated heterocycles. The first kappa shape index (κ1) is 27.0. The molecule has 0 saturated carbocycles. The van der Waals surface area contributed by atoms with Crippen LogP contribution in [0.4, 0.5) is 0 Å². The number of ether oxygens (including phenoxy) is 1. The number of carbonyl (C=O) groups is 4. The predicted molar refractivity (Wildman–Crippen MR) is 113 cm³/mol. The second-order valence-electron chi connectivity index (χ2n) is 7.92. The summed E-state index contributed by atoms with van der Waals surface area (Å²) in [6.45, 7) is 6.48.